The summed E-state index contributed by atoms with van der Waals surface area (Å²) in [7, 11) is 0. The van der Waals surface area contributed by atoms with Crippen molar-refractivity contribution in [1.82, 2.24) is 4.90 Å². The van der Waals surface area contributed by atoms with Crippen molar-refractivity contribution in [2.24, 2.45) is 5.41 Å². The Morgan fingerprint density at radius 2 is 1.62 bits per heavy atom. The Balaban J connectivity index is 2.05. The second-order valence-electron chi connectivity index (χ2n) is 5.07. The fraction of sp³-hybridized carbons (Fsp3) is 0.833. The number of carbonyl (C=O) groups is 2. The molecule has 2 rings (SSSR count). The molecule has 3 nitrogen and oxygen atoms in total. The van der Waals surface area contributed by atoms with Gasteiger partial charge in [0.2, 0.25) is 11.8 Å². The summed E-state index contributed by atoms with van der Waals surface area (Å²) in [5.41, 5.74) is 0.176. The van der Waals surface area contributed by atoms with Crippen molar-refractivity contribution < 1.29 is 9.59 Å². The molecule has 90 valence electrons. The van der Waals surface area contributed by atoms with E-state index in [1.165, 1.54) is 11.3 Å². The molecule has 0 radical (unpaired) electrons. The topological polar surface area (TPSA) is 37.4 Å². The van der Waals surface area contributed by atoms with Crippen LogP contribution in [0, 0.1) is 5.41 Å². The van der Waals surface area contributed by atoms with E-state index in [9.17, 15) is 9.59 Å². The number of likely N-dealkylation sites (tertiary alicyclic amines) is 1. The summed E-state index contributed by atoms with van der Waals surface area (Å²) in [5, 5.41) is 0.900. The molecule has 1 heterocycles. The highest BCUT2D eigenvalue weighted by atomic mass is 79.9. The van der Waals surface area contributed by atoms with E-state index in [2.05, 4.69) is 15.9 Å². The molecule has 0 unspecified atom stereocenters. The quantitative estimate of drug-likeness (QED) is 0.591. The van der Waals surface area contributed by atoms with E-state index in [0.717, 1.165) is 31.0 Å². The normalized spacial score (nSPS) is 25.2. The third kappa shape index (κ3) is 2.31. The average molecular weight is 288 g/mol. The fourth-order valence-corrected chi connectivity index (χ4v) is 3.22. The molecule has 0 spiro atoms. The molecule has 16 heavy (non-hydrogen) atoms. The summed E-state index contributed by atoms with van der Waals surface area (Å²) >= 11 is 3.52. The van der Waals surface area contributed by atoms with Crippen molar-refractivity contribution >= 4 is 27.7 Å². The Morgan fingerprint density at radius 1 is 1.06 bits per heavy atom. The SMILES string of the molecule is O=C1CCCCC(=O)N1CC1(CBr)CCC1. The predicted molar refractivity (Wildman–Crippen MR) is 65.3 cm³/mol. The lowest BCUT2D eigenvalue weighted by Crippen LogP contribution is -2.47. The zero-order valence-corrected chi connectivity index (χ0v) is 11.1. The second kappa shape index (κ2) is 4.86. The maximum Gasteiger partial charge on any atom is 0.229 e. The number of hydrogen-bond donors (Lipinski definition) is 0. The molecule has 1 saturated carbocycles. The molecule has 0 aromatic rings. The van der Waals surface area contributed by atoms with E-state index in [1.807, 2.05) is 0 Å². The number of rotatable bonds is 3. The first-order valence-corrected chi connectivity index (χ1v) is 7.18. The molecule has 0 aromatic carbocycles. The molecule has 0 atom stereocenters. The number of imide groups is 1. The summed E-state index contributed by atoms with van der Waals surface area (Å²) < 4.78 is 0. The third-order valence-corrected chi connectivity index (χ3v) is 5.01. The van der Waals surface area contributed by atoms with Crippen LogP contribution >= 0.6 is 15.9 Å². The van der Waals surface area contributed by atoms with Gasteiger partial charge in [0, 0.05) is 24.7 Å². The highest BCUT2D eigenvalue weighted by Crippen LogP contribution is 2.43. The van der Waals surface area contributed by atoms with Crippen LogP contribution in [0.3, 0.4) is 0 Å². The van der Waals surface area contributed by atoms with Gasteiger partial charge < -0.3 is 0 Å². The molecule has 1 aliphatic heterocycles. The van der Waals surface area contributed by atoms with Gasteiger partial charge in [-0.3, -0.25) is 14.5 Å². The minimum absolute atomic E-state index is 0.0368. The standard InChI is InChI=1S/C12H18BrNO2/c13-8-12(6-3-7-12)9-14-10(15)4-1-2-5-11(14)16/h1-9H2. The molecule has 1 saturated heterocycles. The minimum atomic E-state index is 0.0368. The number of alkyl halides is 1. The molecule has 0 bridgehead atoms. The van der Waals surface area contributed by atoms with Crippen molar-refractivity contribution in [3.05, 3.63) is 0 Å². The maximum absolute atomic E-state index is 11.8. The Labute approximate surface area is 105 Å². The average Bonchev–Trinajstić information content (AvgIpc) is 2.37. The Hall–Kier alpha value is -0.380. The summed E-state index contributed by atoms with van der Waals surface area (Å²) in [6.07, 6.45) is 6.31. The molecule has 2 amide bonds. The summed E-state index contributed by atoms with van der Waals surface area (Å²) in [4.78, 5) is 25.2. The van der Waals surface area contributed by atoms with Crippen LogP contribution in [0.4, 0.5) is 0 Å². The van der Waals surface area contributed by atoms with E-state index in [-0.39, 0.29) is 17.2 Å². The van der Waals surface area contributed by atoms with Gasteiger partial charge in [-0.25, -0.2) is 0 Å². The largest absolute Gasteiger partial charge is 0.282 e. The molecule has 0 N–H and O–H groups in total. The minimum Gasteiger partial charge on any atom is -0.282 e. The highest BCUT2D eigenvalue weighted by molar-refractivity contribution is 9.09. The summed E-state index contributed by atoms with van der Waals surface area (Å²) in [6, 6.07) is 0. The van der Waals surface area contributed by atoms with Crippen molar-refractivity contribution in [2.45, 2.75) is 44.9 Å². The van der Waals surface area contributed by atoms with Gasteiger partial charge in [-0.15, -0.1) is 0 Å². The monoisotopic (exact) mass is 287 g/mol. The lowest BCUT2D eigenvalue weighted by molar-refractivity contribution is -0.146. The van der Waals surface area contributed by atoms with Crippen molar-refractivity contribution in [3.8, 4) is 0 Å². The van der Waals surface area contributed by atoms with Crippen LogP contribution in [0.2, 0.25) is 0 Å². The Morgan fingerprint density at radius 3 is 2.00 bits per heavy atom. The van der Waals surface area contributed by atoms with Gasteiger partial charge in [-0.05, 0) is 31.1 Å². The van der Waals surface area contributed by atoms with Crippen LogP contribution in [0.1, 0.15) is 44.9 Å². The summed E-state index contributed by atoms with van der Waals surface area (Å²) in [6.45, 7) is 0.635. The van der Waals surface area contributed by atoms with Gasteiger partial charge in [0.1, 0.15) is 0 Å². The summed E-state index contributed by atoms with van der Waals surface area (Å²) in [5.74, 6) is 0.0736. The first-order chi connectivity index (χ1) is 7.67. The van der Waals surface area contributed by atoms with E-state index in [0.29, 0.717) is 19.4 Å². The van der Waals surface area contributed by atoms with E-state index in [1.54, 1.807) is 0 Å². The van der Waals surface area contributed by atoms with Crippen LogP contribution in [-0.4, -0.2) is 28.6 Å². The van der Waals surface area contributed by atoms with Crippen LogP contribution in [0.25, 0.3) is 0 Å². The molecule has 0 aromatic heterocycles. The van der Waals surface area contributed by atoms with Gasteiger partial charge in [0.25, 0.3) is 0 Å². The number of amides is 2. The van der Waals surface area contributed by atoms with Crippen molar-refractivity contribution in [1.29, 1.82) is 0 Å². The first-order valence-electron chi connectivity index (χ1n) is 6.06. The Bertz CT molecular complexity index is 276. The number of hydrogen-bond acceptors (Lipinski definition) is 2. The molecular weight excluding hydrogens is 270 g/mol. The maximum atomic E-state index is 11.8. The molecular formula is C12H18BrNO2. The molecule has 4 heteroatoms. The van der Waals surface area contributed by atoms with Gasteiger partial charge in [-0.2, -0.15) is 0 Å². The number of carbonyl (C=O) groups excluding carboxylic acids is 2. The van der Waals surface area contributed by atoms with E-state index in [4.69, 9.17) is 0 Å². The van der Waals surface area contributed by atoms with Crippen molar-refractivity contribution in [3.63, 3.8) is 0 Å². The lowest BCUT2D eigenvalue weighted by Gasteiger charge is -2.43. The highest BCUT2D eigenvalue weighted by Gasteiger charge is 2.40. The van der Waals surface area contributed by atoms with Crippen LogP contribution in [-0.2, 0) is 9.59 Å². The number of nitrogens with zero attached hydrogens (tertiary/aromatic N) is 1. The zero-order chi connectivity index (χ0) is 11.6. The zero-order valence-electron chi connectivity index (χ0n) is 9.51. The lowest BCUT2D eigenvalue weighted by atomic mass is 9.70. The van der Waals surface area contributed by atoms with Gasteiger partial charge in [0.15, 0.2) is 0 Å². The third-order valence-electron chi connectivity index (χ3n) is 3.82. The van der Waals surface area contributed by atoms with Gasteiger partial charge >= 0.3 is 0 Å². The Kier molecular flexibility index (Phi) is 3.67. The molecule has 2 fully saturated rings. The fourth-order valence-electron chi connectivity index (χ4n) is 2.48. The second-order valence-corrected chi connectivity index (χ2v) is 5.63. The van der Waals surface area contributed by atoms with Crippen molar-refractivity contribution in [2.75, 3.05) is 11.9 Å². The first kappa shape index (κ1) is 12.1. The van der Waals surface area contributed by atoms with E-state index >= 15 is 0 Å². The molecule has 2 aliphatic rings. The van der Waals surface area contributed by atoms with Crippen LogP contribution in [0.5, 0.6) is 0 Å². The predicted octanol–water partition coefficient (Wildman–Crippen LogP) is 2.48. The smallest absolute Gasteiger partial charge is 0.229 e. The van der Waals surface area contributed by atoms with Crippen LogP contribution < -0.4 is 0 Å². The van der Waals surface area contributed by atoms with Crippen LogP contribution in [0.15, 0.2) is 0 Å². The van der Waals surface area contributed by atoms with Gasteiger partial charge in [0.05, 0.1) is 0 Å². The molecule has 1 aliphatic carbocycles. The number of halogens is 1. The van der Waals surface area contributed by atoms with Gasteiger partial charge in [-0.1, -0.05) is 22.4 Å². The van der Waals surface area contributed by atoms with E-state index < -0.39 is 0 Å².